The van der Waals surface area contributed by atoms with Crippen LogP contribution in [0.15, 0.2) is 127 Å². The number of hydrogen-bond donors (Lipinski definition) is 0. The summed E-state index contributed by atoms with van der Waals surface area (Å²) in [4.78, 5) is 11.1. The molecule has 6 aromatic carbocycles. The predicted octanol–water partition coefficient (Wildman–Crippen LogP) is 8.82. The van der Waals surface area contributed by atoms with Gasteiger partial charge in [-0.25, -0.2) is 9.97 Å². The van der Waals surface area contributed by atoms with E-state index in [1.165, 1.54) is 0 Å². The van der Waals surface area contributed by atoms with Crippen molar-refractivity contribution in [2.75, 3.05) is 4.90 Å². The molecule has 0 atom stereocenters. The van der Waals surface area contributed by atoms with Gasteiger partial charge in [0.25, 0.3) is 0 Å². The summed E-state index contributed by atoms with van der Waals surface area (Å²) in [5.74, 6) is 0. The van der Waals surface area contributed by atoms with Crippen molar-refractivity contribution < 1.29 is 0 Å². The Morgan fingerprint density at radius 2 is 1.10 bits per heavy atom. The first-order chi connectivity index (χ1) is 20.2. The zero-order chi connectivity index (χ0) is 27.8. The average Bonchev–Trinajstić information content (AvgIpc) is 3.04. The number of nitrogens with zero attached hydrogens (tertiary/aromatic N) is 5. The molecule has 1 aromatic heterocycles. The molecule has 190 valence electrons. The first-order valence-electron chi connectivity index (χ1n) is 13.2. The van der Waals surface area contributed by atoms with E-state index in [-0.39, 0.29) is 11.4 Å². The summed E-state index contributed by atoms with van der Waals surface area (Å²) in [6.45, 7) is 0. The largest absolute Gasteiger partial charge is 0.311 e. The number of anilines is 3. The molecule has 0 saturated heterocycles. The van der Waals surface area contributed by atoms with Gasteiger partial charge in [0.05, 0.1) is 11.0 Å². The SMILES string of the molecule is N#Cc1nc2ccc3cc4c(-c5ccc(N(c6ccccc6)c6ccccc6)cc5)cccc4cc3c2nc1C#N. The Labute approximate surface area is 236 Å². The molecule has 0 aliphatic heterocycles. The lowest BCUT2D eigenvalue weighted by Gasteiger charge is -2.25. The van der Waals surface area contributed by atoms with E-state index in [0.29, 0.717) is 11.0 Å². The van der Waals surface area contributed by atoms with E-state index in [4.69, 9.17) is 0 Å². The second-order valence-electron chi connectivity index (χ2n) is 9.73. The van der Waals surface area contributed by atoms with Gasteiger partial charge in [0.15, 0.2) is 11.4 Å². The lowest BCUT2D eigenvalue weighted by atomic mass is 9.95. The van der Waals surface area contributed by atoms with Gasteiger partial charge in [-0.1, -0.05) is 72.8 Å². The Hall–Kier alpha value is -6.04. The number of para-hydroxylation sites is 2. The highest BCUT2D eigenvalue weighted by Crippen LogP contribution is 2.38. The Morgan fingerprint density at radius 3 is 1.76 bits per heavy atom. The van der Waals surface area contributed by atoms with Gasteiger partial charge < -0.3 is 4.90 Å². The number of aromatic nitrogens is 2. The monoisotopic (exact) mass is 523 g/mol. The molecule has 0 fully saturated rings. The average molecular weight is 524 g/mol. The number of nitriles is 2. The number of rotatable bonds is 4. The zero-order valence-electron chi connectivity index (χ0n) is 21.9. The van der Waals surface area contributed by atoms with E-state index >= 15 is 0 Å². The molecule has 5 heteroatoms. The summed E-state index contributed by atoms with van der Waals surface area (Å²) in [6.07, 6.45) is 0. The van der Waals surface area contributed by atoms with Gasteiger partial charge in [-0.2, -0.15) is 10.5 Å². The lowest BCUT2D eigenvalue weighted by molar-refractivity contribution is 1.20. The number of hydrogen-bond acceptors (Lipinski definition) is 5. The van der Waals surface area contributed by atoms with Crippen LogP contribution in [0, 0.1) is 22.7 Å². The van der Waals surface area contributed by atoms with Crippen molar-refractivity contribution in [2.45, 2.75) is 0 Å². The smallest absolute Gasteiger partial charge is 0.177 e. The molecule has 0 aliphatic rings. The molecule has 7 rings (SSSR count). The van der Waals surface area contributed by atoms with Crippen LogP contribution in [0.3, 0.4) is 0 Å². The summed E-state index contributed by atoms with van der Waals surface area (Å²) in [5.41, 5.74) is 6.82. The molecular formula is C36H21N5. The molecule has 0 spiro atoms. The van der Waals surface area contributed by atoms with Crippen molar-refractivity contribution >= 4 is 49.6 Å². The van der Waals surface area contributed by atoms with Crippen molar-refractivity contribution in [1.82, 2.24) is 9.97 Å². The first-order valence-corrected chi connectivity index (χ1v) is 13.2. The fraction of sp³-hybridized carbons (Fsp3) is 0. The minimum atomic E-state index is 0.0430. The maximum Gasteiger partial charge on any atom is 0.177 e. The third kappa shape index (κ3) is 4.19. The Balaban J connectivity index is 1.34. The minimum Gasteiger partial charge on any atom is -0.311 e. The van der Waals surface area contributed by atoms with Gasteiger partial charge in [0.1, 0.15) is 12.1 Å². The molecule has 0 aliphatic carbocycles. The summed E-state index contributed by atoms with van der Waals surface area (Å²) in [5, 5.41) is 22.9. The fourth-order valence-electron chi connectivity index (χ4n) is 5.42. The van der Waals surface area contributed by atoms with E-state index in [0.717, 1.165) is 49.7 Å². The molecule has 0 unspecified atom stereocenters. The van der Waals surface area contributed by atoms with Crippen LogP contribution in [-0.4, -0.2) is 9.97 Å². The van der Waals surface area contributed by atoms with E-state index in [1.807, 2.05) is 36.4 Å². The van der Waals surface area contributed by atoms with Gasteiger partial charge in [-0.3, -0.25) is 0 Å². The van der Waals surface area contributed by atoms with Crippen LogP contribution >= 0.6 is 0 Å². The zero-order valence-corrected chi connectivity index (χ0v) is 21.9. The molecule has 41 heavy (non-hydrogen) atoms. The normalized spacial score (nSPS) is 10.9. The first kappa shape index (κ1) is 24.0. The second kappa shape index (κ2) is 9.93. The van der Waals surface area contributed by atoms with Crippen molar-refractivity contribution in [1.29, 1.82) is 10.5 Å². The van der Waals surface area contributed by atoms with Crippen molar-refractivity contribution in [3.8, 4) is 23.3 Å². The quantitative estimate of drug-likeness (QED) is 0.170. The third-order valence-corrected chi connectivity index (χ3v) is 7.33. The van der Waals surface area contributed by atoms with E-state index < -0.39 is 0 Å². The maximum absolute atomic E-state index is 9.49. The Morgan fingerprint density at radius 1 is 0.512 bits per heavy atom. The van der Waals surface area contributed by atoms with Crippen LogP contribution in [0.2, 0.25) is 0 Å². The van der Waals surface area contributed by atoms with Gasteiger partial charge >= 0.3 is 0 Å². The van der Waals surface area contributed by atoms with Gasteiger partial charge in [-0.15, -0.1) is 0 Å². The maximum atomic E-state index is 9.49. The summed E-state index contributed by atoms with van der Waals surface area (Å²) in [7, 11) is 0. The Bertz CT molecular complexity index is 2120. The highest BCUT2D eigenvalue weighted by molar-refractivity contribution is 6.12. The summed E-state index contributed by atoms with van der Waals surface area (Å²) >= 11 is 0. The van der Waals surface area contributed by atoms with Crippen molar-refractivity contribution in [3.05, 3.63) is 139 Å². The Kier molecular flexibility index (Phi) is 5.82. The molecule has 0 radical (unpaired) electrons. The molecular weight excluding hydrogens is 502 g/mol. The fourth-order valence-corrected chi connectivity index (χ4v) is 5.42. The standard InChI is InChI=1S/C36H21N5/c37-22-34-35(23-38)40-36-32-21-25-8-7-13-30(31(25)20-26(32)16-19-33(36)39-34)24-14-17-29(18-15-24)41(27-9-3-1-4-10-27)28-11-5-2-6-12-28/h1-21H. The van der Waals surface area contributed by atoms with E-state index in [1.54, 1.807) is 0 Å². The van der Waals surface area contributed by atoms with Gasteiger partial charge in [0.2, 0.25) is 0 Å². The molecule has 0 saturated carbocycles. The van der Waals surface area contributed by atoms with Crippen LogP contribution in [0.5, 0.6) is 0 Å². The van der Waals surface area contributed by atoms with E-state index in [2.05, 4.69) is 118 Å². The highest BCUT2D eigenvalue weighted by Gasteiger charge is 2.14. The van der Waals surface area contributed by atoms with Crippen molar-refractivity contribution in [2.24, 2.45) is 0 Å². The molecule has 0 amide bonds. The van der Waals surface area contributed by atoms with Crippen LogP contribution in [0.25, 0.3) is 43.7 Å². The topological polar surface area (TPSA) is 76.6 Å². The third-order valence-electron chi connectivity index (χ3n) is 7.33. The molecule has 0 N–H and O–H groups in total. The van der Waals surface area contributed by atoms with Gasteiger partial charge in [0, 0.05) is 22.4 Å². The van der Waals surface area contributed by atoms with Crippen LogP contribution < -0.4 is 4.90 Å². The minimum absolute atomic E-state index is 0.0430. The van der Waals surface area contributed by atoms with E-state index in [9.17, 15) is 10.5 Å². The number of fused-ring (bicyclic) bond motifs is 4. The molecule has 1 heterocycles. The van der Waals surface area contributed by atoms with Gasteiger partial charge in [-0.05, 0) is 81.9 Å². The van der Waals surface area contributed by atoms with Crippen LogP contribution in [0.4, 0.5) is 17.1 Å². The molecule has 7 aromatic rings. The predicted molar refractivity (Wildman–Crippen MR) is 164 cm³/mol. The van der Waals surface area contributed by atoms with Crippen LogP contribution in [-0.2, 0) is 0 Å². The molecule has 0 bridgehead atoms. The highest BCUT2D eigenvalue weighted by atomic mass is 15.1. The number of benzene rings is 6. The second-order valence-corrected chi connectivity index (χ2v) is 9.73. The summed E-state index contributed by atoms with van der Waals surface area (Å²) in [6, 6.07) is 47.8. The van der Waals surface area contributed by atoms with Crippen molar-refractivity contribution in [3.63, 3.8) is 0 Å². The lowest BCUT2D eigenvalue weighted by Crippen LogP contribution is -2.09. The molecule has 5 nitrogen and oxygen atoms in total. The van der Waals surface area contributed by atoms with Crippen LogP contribution in [0.1, 0.15) is 11.4 Å². The summed E-state index contributed by atoms with van der Waals surface area (Å²) < 4.78 is 0.